The Balaban J connectivity index is 2.16. The summed E-state index contributed by atoms with van der Waals surface area (Å²) in [5.41, 5.74) is 1.23. The van der Waals surface area contributed by atoms with Crippen LogP contribution in [-0.2, 0) is 0 Å². The molecule has 0 aromatic heterocycles. The SMILES string of the molecule is CCC(CC)C(C)Nc1ccc2ccccc2c1. The summed E-state index contributed by atoms with van der Waals surface area (Å²) >= 11 is 0. The standard InChI is InChI=1S/C17H23N/c1-4-14(5-2)13(3)18-17-11-10-15-8-6-7-9-16(15)12-17/h6-14,18H,4-5H2,1-3H3. The molecule has 0 aliphatic heterocycles. The van der Waals surface area contributed by atoms with E-state index in [0.717, 1.165) is 5.92 Å². The first-order valence-electron chi connectivity index (χ1n) is 7.00. The summed E-state index contributed by atoms with van der Waals surface area (Å²) < 4.78 is 0. The Morgan fingerprint density at radius 2 is 1.61 bits per heavy atom. The van der Waals surface area contributed by atoms with Gasteiger partial charge in [-0.15, -0.1) is 0 Å². The van der Waals surface area contributed by atoms with Crippen molar-refractivity contribution in [2.75, 3.05) is 5.32 Å². The van der Waals surface area contributed by atoms with Crippen molar-refractivity contribution in [3.8, 4) is 0 Å². The summed E-state index contributed by atoms with van der Waals surface area (Å²) in [4.78, 5) is 0. The predicted molar refractivity (Wildman–Crippen MR) is 81.1 cm³/mol. The second-order valence-electron chi connectivity index (χ2n) is 5.07. The smallest absolute Gasteiger partial charge is 0.0348 e. The fraction of sp³-hybridized carbons (Fsp3) is 0.412. The van der Waals surface area contributed by atoms with E-state index in [1.54, 1.807) is 0 Å². The highest BCUT2D eigenvalue weighted by molar-refractivity contribution is 5.85. The molecule has 2 rings (SSSR count). The van der Waals surface area contributed by atoms with Gasteiger partial charge in [0.1, 0.15) is 0 Å². The number of hydrogen-bond acceptors (Lipinski definition) is 1. The number of nitrogens with one attached hydrogen (secondary N) is 1. The summed E-state index contributed by atoms with van der Waals surface area (Å²) in [6.45, 7) is 6.83. The molecule has 0 aliphatic carbocycles. The largest absolute Gasteiger partial charge is 0.382 e. The van der Waals surface area contributed by atoms with Crippen LogP contribution in [-0.4, -0.2) is 6.04 Å². The minimum absolute atomic E-state index is 0.529. The van der Waals surface area contributed by atoms with Gasteiger partial charge in [-0.1, -0.05) is 57.0 Å². The van der Waals surface area contributed by atoms with Crippen LogP contribution in [0.1, 0.15) is 33.6 Å². The van der Waals surface area contributed by atoms with Crippen molar-refractivity contribution >= 4 is 16.5 Å². The lowest BCUT2D eigenvalue weighted by atomic mass is 9.95. The van der Waals surface area contributed by atoms with Gasteiger partial charge in [0.25, 0.3) is 0 Å². The van der Waals surface area contributed by atoms with E-state index in [4.69, 9.17) is 0 Å². The Kier molecular flexibility index (Phi) is 4.24. The zero-order valence-electron chi connectivity index (χ0n) is 11.6. The quantitative estimate of drug-likeness (QED) is 0.770. The number of hydrogen-bond donors (Lipinski definition) is 1. The molecule has 0 bridgehead atoms. The highest BCUT2D eigenvalue weighted by atomic mass is 14.9. The molecule has 0 spiro atoms. The summed E-state index contributed by atoms with van der Waals surface area (Å²) in [6, 6.07) is 15.7. The molecule has 2 aromatic rings. The van der Waals surface area contributed by atoms with E-state index in [2.05, 4.69) is 68.6 Å². The molecular formula is C17H23N. The van der Waals surface area contributed by atoms with E-state index in [1.165, 1.54) is 29.3 Å². The van der Waals surface area contributed by atoms with Gasteiger partial charge in [-0.2, -0.15) is 0 Å². The van der Waals surface area contributed by atoms with Crippen molar-refractivity contribution in [1.29, 1.82) is 0 Å². The van der Waals surface area contributed by atoms with Crippen LogP contribution in [0.5, 0.6) is 0 Å². The highest BCUT2D eigenvalue weighted by Gasteiger charge is 2.12. The Bertz CT molecular complexity index is 500. The van der Waals surface area contributed by atoms with Crippen molar-refractivity contribution < 1.29 is 0 Å². The lowest BCUT2D eigenvalue weighted by Crippen LogP contribution is -2.24. The molecule has 0 heterocycles. The van der Waals surface area contributed by atoms with Crippen molar-refractivity contribution in [2.45, 2.75) is 39.7 Å². The van der Waals surface area contributed by atoms with Crippen LogP contribution in [0.2, 0.25) is 0 Å². The molecule has 0 amide bonds. The van der Waals surface area contributed by atoms with Gasteiger partial charge >= 0.3 is 0 Å². The van der Waals surface area contributed by atoms with E-state index >= 15 is 0 Å². The average molecular weight is 241 g/mol. The Morgan fingerprint density at radius 3 is 2.28 bits per heavy atom. The predicted octanol–water partition coefficient (Wildman–Crippen LogP) is 5.08. The molecule has 1 unspecified atom stereocenters. The highest BCUT2D eigenvalue weighted by Crippen LogP contribution is 2.22. The van der Waals surface area contributed by atoms with E-state index in [0.29, 0.717) is 6.04 Å². The Morgan fingerprint density at radius 1 is 0.944 bits per heavy atom. The van der Waals surface area contributed by atoms with Crippen LogP contribution in [0.3, 0.4) is 0 Å². The fourth-order valence-corrected chi connectivity index (χ4v) is 2.66. The first-order valence-corrected chi connectivity index (χ1v) is 7.00. The van der Waals surface area contributed by atoms with Crippen LogP contribution in [0.15, 0.2) is 42.5 Å². The third-order valence-electron chi connectivity index (χ3n) is 3.90. The van der Waals surface area contributed by atoms with E-state index in [9.17, 15) is 0 Å². The molecule has 1 atom stereocenters. The van der Waals surface area contributed by atoms with Gasteiger partial charge < -0.3 is 5.32 Å². The summed E-state index contributed by atoms with van der Waals surface area (Å²) in [6.07, 6.45) is 2.47. The molecule has 1 nitrogen and oxygen atoms in total. The van der Waals surface area contributed by atoms with E-state index in [1.807, 2.05) is 0 Å². The summed E-state index contributed by atoms with van der Waals surface area (Å²) in [7, 11) is 0. The van der Waals surface area contributed by atoms with Gasteiger partial charge in [-0.05, 0) is 35.7 Å². The number of benzene rings is 2. The van der Waals surface area contributed by atoms with Gasteiger partial charge in [0.2, 0.25) is 0 Å². The second kappa shape index (κ2) is 5.90. The lowest BCUT2D eigenvalue weighted by molar-refractivity contribution is 0.438. The summed E-state index contributed by atoms with van der Waals surface area (Å²) in [5, 5.41) is 6.24. The maximum Gasteiger partial charge on any atom is 0.0348 e. The normalized spacial score (nSPS) is 12.9. The molecule has 0 saturated carbocycles. The van der Waals surface area contributed by atoms with Crippen LogP contribution in [0, 0.1) is 5.92 Å². The maximum atomic E-state index is 3.64. The number of anilines is 1. The number of fused-ring (bicyclic) bond motifs is 1. The van der Waals surface area contributed by atoms with Crippen molar-refractivity contribution in [3.63, 3.8) is 0 Å². The van der Waals surface area contributed by atoms with Gasteiger partial charge in [-0.3, -0.25) is 0 Å². The second-order valence-corrected chi connectivity index (χ2v) is 5.07. The first kappa shape index (κ1) is 12.9. The van der Waals surface area contributed by atoms with Crippen LogP contribution in [0.25, 0.3) is 10.8 Å². The van der Waals surface area contributed by atoms with Gasteiger partial charge in [0.15, 0.2) is 0 Å². The lowest BCUT2D eigenvalue weighted by Gasteiger charge is -2.23. The molecule has 0 aliphatic rings. The molecule has 2 aromatic carbocycles. The molecule has 1 N–H and O–H groups in total. The van der Waals surface area contributed by atoms with Crippen molar-refractivity contribution in [2.24, 2.45) is 5.92 Å². The molecule has 0 saturated heterocycles. The minimum atomic E-state index is 0.529. The molecule has 18 heavy (non-hydrogen) atoms. The van der Waals surface area contributed by atoms with Crippen LogP contribution >= 0.6 is 0 Å². The summed E-state index contributed by atoms with van der Waals surface area (Å²) in [5.74, 6) is 0.747. The average Bonchev–Trinajstić information content (AvgIpc) is 2.40. The van der Waals surface area contributed by atoms with Gasteiger partial charge in [0.05, 0.1) is 0 Å². The molecule has 0 fully saturated rings. The zero-order chi connectivity index (χ0) is 13.0. The molecular weight excluding hydrogens is 218 g/mol. The van der Waals surface area contributed by atoms with Crippen LogP contribution in [0.4, 0.5) is 5.69 Å². The molecule has 96 valence electrons. The van der Waals surface area contributed by atoms with Gasteiger partial charge in [0, 0.05) is 11.7 Å². The molecule has 0 radical (unpaired) electrons. The van der Waals surface area contributed by atoms with E-state index < -0.39 is 0 Å². The Hall–Kier alpha value is -1.50. The van der Waals surface area contributed by atoms with Crippen LogP contribution < -0.4 is 5.32 Å². The minimum Gasteiger partial charge on any atom is -0.382 e. The first-order chi connectivity index (χ1) is 8.74. The maximum absolute atomic E-state index is 3.64. The zero-order valence-corrected chi connectivity index (χ0v) is 11.6. The third kappa shape index (κ3) is 2.84. The monoisotopic (exact) mass is 241 g/mol. The topological polar surface area (TPSA) is 12.0 Å². The fourth-order valence-electron chi connectivity index (χ4n) is 2.66. The van der Waals surface area contributed by atoms with Crippen molar-refractivity contribution in [1.82, 2.24) is 0 Å². The Labute approximate surface area is 110 Å². The third-order valence-corrected chi connectivity index (χ3v) is 3.90. The van der Waals surface area contributed by atoms with Crippen molar-refractivity contribution in [3.05, 3.63) is 42.5 Å². The van der Waals surface area contributed by atoms with E-state index in [-0.39, 0.29) is 0 Å². The number of rotatable bonds is 5. The van der Waals surface area contributed by atoms with Gasteiger partial charge in [-0.25, -0.2) is 0 Å². The molecule has 1 heteroatoms.